The first kappa shape index (κ1) is 9.98. The topological polar surface area (TPSA) is 67.4 Å². The fraction of sp³-hybridized carbons (Fsp3) is 0.750. The van der Waals surface area contributed by atoms with Gasteiger partial charge in [-0.15, -0.1) is 0 Å². The number of rotatable bonds is 3. The SMILES string of the molecule is O=CCNC(=O)NC1CCOCC1. The largest absolute Gasteiger partial charge is 0.381 e. The second-order valence-electron chi connectivity index (χ2n) is 2.91. The van der Waals surface area contributed by atoms with Crippen LogP contribution in [0.2, 0.25) is 0 Å². The summed E-state index contributed by atoms with van der Waals surface area (Å²) in [5.41, 5.74) is 0. The zero-order valence-electron chi connectivity index (χ0n) is 7.41. The Balaban J connectivity index is 2.14. The summed E-state index contributed by atoms with van der Waals surface area (Å²) >= 11 is 0. The fourth-order valence-electron chi connectivity index (χ4n) is 1.21. The summed E-state index contributed by atoms with van der Waals surface area (Å²) in [6.07, 6.45) is 2.34. The van der Waals surface area contributed by atoms with Gasteiger partial charge in [0.15, 0.2) is 0 Å². The van der Waals surface area contributed by atoms with Gasteiger partial charge in [0.05, 0.1) is 6.54 Å². The number of carbonyl (C=O) groups excluding carboxylic acids is 2. The first-order valence-corrected chi connectivity index (χ1v) is 4.38. The van der Waals surface area contributed by atoms with Crippen molar-refractivity contribution in [3.8, 4) is 0 Å². The van der Waals surface area contributed by atoms with Crippen LogP contribution in [0.4, 0.5) is 4.79 Å². The van der Waals surface area contributed by atoms with E-state index in [9.17, 15) is 9.59 Å². The van der Waals surface area contributed by atoms with Crippen molar-refractivity contribution < 1.29 is 14.3 Å². The Morgan fingerprint density at radius 2 is 2.15 bits per heavy atom. The van der Waals surface area contributed by atoms with E-state index in [1.54, 1.807) is 0 Å². The standard InChI is InChI=1S/C8H14N2O3/c11-4-3-9-8(12)10-7-1-5-13-6-2-7/h4,7H,1-3,5-6H2,(H2,9,10,12). The minimum absolute atomic E-state index is 0.0645. The maximum atomic E-state index is 11.0. The van der Waals surface area contributed by atoms with Crippen molar-refractivity contribution in [2.24, 2.45) is 0 Å². The first-order chi connectivity index (χ1) is 6.33. The molecule has 0 saturated carbocycles. The molecule has 0 aliphatic carbocycles. The van der Waals surface area contributed by atoms with E-state index >= 15 is 0 Å². The molecule has 5 nitrogen and oxygen atoms in total. The summed E-state index contributed by atoms with van der Waals surface area (Å²) in [6, 6.07) is -0.0978. The second-order valence-corrected chi connectivity index (χ2v) is 2.91. The minimum Gasteiger partial charge on any atom is -0.381 e. The Kier molecular flexibility index (Phi) is 4.25. The van der Waals surface area contributed by atoms with Gasteiger partial charge in [0.25, 0.3) is 0 Å². The summed E-state index contributed by atoms with van der Waals surface area (Å²) in [6.45, 7) is 1.45. The van der Waals surface area contributed by atoms with Gasteiger partial charge in [-0.3, -0.25) is 0 Å². The van der Waals surface area contributed by atoms with Crippen LogP contribution in [-0.4, -0.2) is 38.1 Å². The van der Waals surface area contributed by atoms with Crippen molar-refractivity contribution in [3.05, 3.63) is 0 Å². The number of nitrogens with one attached hydrogen (secondary N) is 2. The zero-order chi connectivity index (χ0) is 9.52. The average molecular weight is 186 g/mol. The molecule has 0 unspecified atom stereocenters. The highest BCUT2D eigenvalue weighted by Gasteiger charge is 2.15. The molecule has 0 atom stereocenters. The number of amides is 2. The van der Waals surface area contributed by atoms with Crippen LogP contribution in [0.15, 0.2) is 0 Å². The van der Waals surface area contributed by atoms with Crippen LogP contribution in [0.5, 0.6) is 0 Å². The molecular formula is C8H14N2O3. The summed E-state index contributed by atoms with van der Waals surface area (Å²) < 4.78 is 5.13. The molecular weight excluding hydrogens is 172 g/mol. The van der Waals surface area contributed by atoms with E-state index in [4.69, 9.17) is 4.74 Å². The molecule has 1 heterocycles. The molecule has 13 heavy (non-hydrogen) atoms. The van der Waals surface area contributed by atoms with Gasteiger partial charge in [0.2, 0.25) is 0 Å². The smallest absolute Gasteiger partial charge is 0.315 e. The van der Waals surface area contributed by atoms with Gasteiger partial charge in [-0.1, -0.05) is 0 Å². The van der Waals surface area contributed by atoms with Crippen LogP contribution in [-0.2, 0) is 9.53 Å². The van der Waals surface area contributed by atoms with Gasteiger partial charge in [0.1, 0.15) is 6.29 Å². The molecule has 1 aliphatic rings. The predicted octanol–water partition coefficient (Wildman–Crippen LogP) is -0.336. The fourth-order valence-corrected chi connectivity index (χ4v) is 1.21. The number of aldehydes is 1. The summed E-state index contributed by atoms with van der Waals surface area (Å²) in [5.74, 6) is 0. The monoisotopic (exact) mass is 186 g/mol. The van der Waals surface area contributed by atoms with Crippen molar-refractivity contribution >= 4 is 12.3 Å². The van der Waals surface area contributed by atoms with E-state index in [0.717, 1.165) is 12.8 Å². The molecule has 0 aromatic carbocycles. The highest BCUT2D eigenvalue weighted by Crippen LogP contribution is 2.05. The van der Waals surface area contributed by atoms with Crippen molar-refractivity contribution in [1.29, 1.82) is 0 Å². The number of urea groups is 1. The third-order valence-corrected chi connectivity index (χ3v) is 1.90. The highest BCUT2D eigenvalue weighted by atomic mass is 16.5. The lowest BCUT2D eigenvalue weighted by Gasteiger charge is -2.22. The van der Waals surface area contributed by atoms with Crippen LogP contribution in [0, 0.1) is 0 Å². The second kappa shape index (κ2) is 5.53. The number of ether oxygens (including phenoxy) is 1. The van der Waals surface area contributed by atoms with E-state index in [2.05, 4.69) is 10.6 Å². The highest BCUT2D eigenvalue weighted by molar-refractivity contribution is 5.76. The van der Waals surface area contributed by atoms with Crippen molar-refractivity contribution in [1.82, 2.24) is 10.6 Å². The Bertz CT molecular complexity index is 178. The van der Waals surface area contributed by atoms with Gasteiger partial charge < -0.3 is 20.2 Å². The maximum absolute atomic E-state index is 11.0. The van der Waals surface area contributed by atoms with Gasteiger partial charge >= 0.3 is 6.03 Å². The Morgan fingerprint density at radius 3 is 2.77 bits per heavy atom. The van der Waals surface area contributed by atoms with Crippen LogP contribution in [0.3, 0.4) is 0 Å². The van der Waals surface area contributed by atoms with Gasteiger partial charge in [-0.2, -0.15) is 0 Å². The third kappa shape index (κ3) is 3.89. The molecule has 74 valence electrons. The lowest BCUT2D eigenvalue weighted by Crippen LogP contribution is -2.44. The van der Waals surface area contributed by atoms with Gasteiger partial charge in [0, 0.05) is 19.3 Å². The normalized spacial score (nSPS) is 17.8. The van der Waals surface area contributed by atoms with E-state index in [1.807, 2.05) is 0 Å². The first-order valence-electron chi connectivity index (χ1n) is 4.38. The lowest BCUT2D eigenvalue weighted by atomic mass is 10.1. The van der Waals surface area contributed by atoms with Crippen LogP contribution in [0.25, 0.3) is 0 Å². The summed E-state index contributed by atoms with van der Waals surface area (Å²) in [5, 5.41) is 5.19. The Morgan fingerprint density at radius 1 is 1.46 bits per heavy atom. The maximum Gasteiger partial charge on any atom is 0.315 e. The van der Waals surface area contributed by atoms with Crippen molar-refractivity contribution in [3.63, 3.8) is 0 Å². The molecule has 0 radical (unpaired) electrons. The van der Waals surface area contributed by atoms with E-state index in [-0.39, 0.29) is 18.6 Å². The molecule has 0 aromatic heterocycles. The van der Waals surface area contributed by atoms with Crippen molar-refractivity contribution in [2.75, 3.05) is 19.8 Å². The summed E-state index contributed by atoms with van der Waals surface area (Å²) in [4.78, 5) is 21.0. The van der Waals surface area contributed by atoms with Crippen LogP contribution >= 0.6 is 0 Å². The quantitative estimate of drug-likeness (QED) is 0.593. The molecule has 1 saturated heterocycles. The molecule has 1 aliphatic heterocycles. The molecule has 0 bridgehead atoms. The molecule has 5 heteroatoms. The Hall–Kier alpha value is -1.10. The Labute approximate surface area is 76.8 Å². The average Bonchev–Trinajstić information content (AvgIpc) is 2.16. The van der Waals surface area contributed by atoms with Crippen molar-refractivity contribution in [2.45, 2.75) is 18.9 Å². The summed E-state index contributed by atoms with van der Waals surface area (Å²) in [7, 11) is 0. The predicted molar refractivity (Wildman–Crippen MR) is 46.4 cm³/mol. The molecule has 2 N–H and O–H groups in total. The molecule has 1 fully saturated rings. The van der Waals surface area contributed by atoms with E-state index in [0.29, 0.717) is 19.5 Å². The number of carbonyl (C=O) groups is 2. The number of hydrogen-bond donors (Lipinski definition) is 2. The van der Waals surface area contributed by atoms with E-state index < -0.39 is 0 Å². The van der Waals surface area contributed by atoms with Gasteiger partial charge in [-0.05, 0) is 12.8 Å². The zero-order valence-corrected chi connectivity index (χ0v) is 7.41. The van der Waals surface area contributed by atoms with E-state index in [1.165, 1.54) is 0 Å². The molecule has 1 rings (SSSR count). The minimum atomic E-state index is -0.279. The molecule has 0 aromatic rings. The molecule has 0 spiro atoms. The number of hydrogen-bond acceptors (Lipinski definition) is 3. The third-order valence-electron chi connectivity index (χ3n) is 1.90. The molecule has 2 amide bonds. The van der Waals surface area contributed by atoms with Crippen LogP contribution in [0.1, 0.15) is 12.8 Å². The van der Waals surface area contributed by atoms with Crippen LogP contribution < -0.4 is 10.6 Å². The lowest BCUT2D eigenvalue weighted by molar-refractivity contribution is -0.107. The van der Waals surface area contributed by atoms with Gasteiger partial charge in [-0.25, -0.2) is 4.79 Å².